The zero-order valence-electron chi connectivity index (χ0n) is 15.9. The molecular formula is C22H26N2O2. The van der Waals surface area contributed by atoms with Crippen LogP contribution in [0.1, 0.15) is 42.4 Å². The third-order valence-corrected chi connectivity index (χ3v) is 4.75. The molecule has 0 aliphatic rings. The normalized spacial score (nSPS) is 10.9. The molecule has 136 valence electrons. The zero-order valence-corrected chi connectivity index (χ0v) is 15.9. The molecule has 1 aromatic heterocycles. The summed E-state index contributed by atoms with van der Waals surface area (Å²) in [7, 11) is 0. The van der Waals surface area contributed by atoms with Gasteiger partial charge >= 0.3 is 0 Å². The van der Waals surface area contributed by atoms with Crippen molar-refractivity contribution in [3.05, 3.63) is 59.3 Å². The van der Waals surface area contributed by atoms with Crippen LogP contribution in [0.5, 0.6) is 5.75 Å². The fraction of sp³-hybridized carbons (Fsp3) is 0.318. The predicted octanol–water partition coefficient (Wildman–Crippen LogP) is 5.18. The molecule has 4 heteroatoms. The van der Waals surface area contributed by atoms with Crippen molar-refractivity contribution in [3.8, 4) is 5.75 Å². The number of amides is 1. The van der Waals surface area contributed by atoms with Crippen LogP contribution < -0.4 is 10.1 Å². The lowest BCUT2D eigenvalue weighted by Crippen LogP contribution is -2.17. The van der Waals surface area contributed by atoms with Crippen LogP contribution in [0, 0.1) is 6.92 Å². The first-order chi connectivity index (χ1) is 12.6. The molecule has 4 nitrogen and oxygen atoms in total. The van der Waals surface area contributed by atoms with Gasteiger partial charge in [0.25, 0.3) is 5.91 Å². The number of nitrogens with zero attached hydrogens (tertiary/aromatic N) is 1. The number of anilines is 1. The molecule has 0 saturated heterocycles. The van der Waals surface area contributed by atoms with Crippen LogP contribution in [-0.4, -0.2) is 17.1 Å². The Balaban J connectivity index is 1.99. The van der Waals surface area contributed by atoms with Gasteiger partial charge < -0.3 is 14.6 Å². The Kier molecular flexibility index (Phi) is 5.31. The molecule has 0 atom stereocenters. The smallest absolute Gasteiger partial charge is 0.272 e. The van der Waals surface area contributed by atoms with Gasteiger partial charge in [0.05, 0.1) is 6.61 Å². The topological polar surface area (TPSA) is 43.3 Å². The summed E-state index contributed by atoms with van der Waals surface area (Å²) >= 11 is 0. The van der Waals surface area contributed by atoms with Crippen LogP contribution in [0.4, 0.5) is 5.69 Å². The van der Waals surface area contributed by atoms with E-state index >= 15 is 0 Å². The van der Waals surface area contributed by atoms with E-state index in [0.717, 1.165) is 40.9 Å². The summed E-state index contributed by atoms with van der Waals surface area (Å²) in [4.78, 5) is 13.0. The van der Waals surface area contributed by atoms with E-state index in [1.54, 1.807) is 0 Å². The van der Waals surface area contributed by atoms with Crippen LogP contribution in [-0.2, 0) is 13.0 Å². The van der Waals surface area contributed by atoms with Gasteiger partial charge in [0.2, 0.25) is 0 Å². The molecule has 1 heterocycles. The summed E-state index contributed by atoms with van der Waals surface area (Å²) in [6, 6.07) is 14.0. The Bertz CT molecular complexity index is 923. The van der Waals surface area contributed by atoms with Crippen LogP contribution >= 0.6 is 0 Å². The maximum Gasteiger partial charge on any atom is 0.272 e. The number of aryl methyl sites for hydroxylation is 3. The Morgan fingerprint density at radius 1 is 1.08 bits per heavy atom. The molecule has 0 fully saturated rings. The molecular weight excluding hydrogens is 324 g/mol. The Hall–Kier alpha value is -2.75. The lowest BCUT2D eigenvalue weighted by molar-refractivity contribution is 0.101. The van der Waals surface area contributed by atoms with Gasteiger partial charge in [0.15, 0.2) is 0 Å². The second-order valence-electron chi connectivity index (χ2n) is 6.33. The maximum atomic E-state index is 13.0. The lowest BCUT2D eigenvalue weighted by Gasteiger charge is -2.10. The fourth-order valence-corrected chi connectivity index (χ4v) is 3.39. The van der Waals surface area contributed by atoms with Crippen molar-refractivity contribution in [3.63, 3.8) is 0 Å². The number of fused-ring (bicyclic) bond motifs is 1. The van der Waals surface area contributed by atoms with Crippen LogP contribution in [0.25, 0.3) is 10.9 Å². The first kappa shape index (κ1) is 18.1. The molecule has 0 aliphatic carbocycles. The van der Waals surface area contributed by atoms with E-state index in [9.17, 15) is 4.79 Å². The standard InChI is InChI=1S/C22H26N2O2/c1-5-16-8-10-17(11-9-16)23-22(25)21-15(4)19-14-18(26-7-3)12-13-20(19)24(21)6-2/h8-14H,5-7H2,1-4H3,(H,23,25). The second kappa shape index (κ2) is 7.65. The SMILES string of the molecule is CCOc1ccc2c(c1)c(C)c(C(=O)Nc1ccc(CC)cc1)n2CC. The summed E-state index contributed by atoms with van der Waals surface area (Å²) in [5.74, 6) is 0.751. The second-order valence-corrected chi connectivity index (χ2v) is 6.33. The summed E-state index contributed by atoms with van der Waals surface area (Å²) in [5, 5.41) is 4.09. The summed E-state index contributed by atoms with van der Waals surface area (Å²) in [6.07, 6.45) is 0.986. The van der Waals surface area contributed by atoms with E-state index in [-0.39, 0.29) is 5.91 Å². The first-order valence-corrected chi connectivity index (χ1v) is 9.24. The molecule has 0 saturated carbocycles. The number of hydrogen-bond donors (Lipinski definition) is 1. The zero-order chi connectivity index (χ0) is 18.7. The molecule has 0 spiro atoms. The molecule has 0 radical (unpaired) electrons. The minimum Gasteiger partial charge on any atom is -0.494 e. The summed E-state index contributed by atoms with van der Waals surface area (Å²) in [5.41, 5.74) is 4.81. The molecule has 3 rings (SSSR count). The molecule has 0 unspecified atom stereocenters. The van der Waals surface area contributed by atoms with Gasteiger partial charge in [-0.2, -0.15) is 0 Å². The van der Waals surface area contributed by atoms with Gasteiger partial charge in [0.1, 0.15) is 11.4 Å². The van der Waals surface area contributed by atoms with E-state index in [1.807, 2.05) is 56.3 Å². The monoisotopic (exact) mass is 350 g/mol. The average Bonchev–Trinajstić information content (AvgIpc) is 2.94. The molecule has 0 aliphatic heterocycles. The van der Waals surface area contributed by atoms with Gasteiger partial charge in [0, 0.05) is 23.1 Å². The molecule has 3 aromatic rings. The predicted molar refractivity (Wildman–Crippen MR) is 107 cm³/mol. The maximum absolute atomic E-state index is 13.0. The van der Waals surface area contributed by atoms with E-state index in [2.05, 4.69) is 23.7 Å². The van der Waals surface area contributed by atoms with Crippen molar-refractivity contribution < 1.29 is 9.53 Å². The molecule has 26 heavy (non-hydrogen) atoms. The van der Waals surface area contributed by atoms with E-state index in [4.69, 9.17) is 4.74 Å². The fourth-order valence-electron chi connectivity index (χ4n) is 3.39. The molecule has 0 bridgehead atoms. The van der Waals surface area contributed by atoms with Crippen molar-refractivity contribution in [2.24, 2.45) is 0 Å². The van der Waals surface area contributed by atoms with Crippen molar-refractivity contribution in [2.75, 3.05) is 11.9 Å². The summed E-state index contributed by atoms with van der Waals surface area (Å²) < 4.78 is 7.69. The minimum absolute atomic E-state index is 0.0808. The number of carbonyl (C=O) groups is 1. The van der Waals surface area contributed by atoms with Gasteiger partial charge in [-0.25, -0.2) is 0 Å². The summed E-state index contributed by atoms with van der Waals surface area (Å²) in [6.45, 7) is 9.50. The van der Waals surface area contributed by atoms with Crippen molar-refractivity contribution in [1.29, 1.82) is 0 Å². The third kappa shape index (κ3) is 3.32. The highest BCUT2D eigenvalue weighted by Crippen LogP contribution is 2.30. The highest BCUT2D eigenvalue weighted by Gasteiger charge is 2.20. The number of ether oxygens (including phenoxy) is 1. The van der Waals surface area contributed by atoms with Crippen molar-refractivity contribution in [2.45, 2.75) is 40.7 Å². The average molecular weight is 350 g/mol. The Labute approximate surface area is 154 Å². The van der Waals surface area contributed by atoms with Crippen LogP contribution in [0.15, 0.2) is 42.5 Å². The van der Waals surface area contributed by atoms with Crippen molar-refractivity contribution >= 4 is 22.5 Å². The lowest BCUT2D eigenvalue weighted by atomic mass is 10.1. The molecule has 2 aromatic carbocycles. The van der Waals surface area contributed by atoms with Crippen molar-refractivity contribution in [1.82, 2.24) is 4.57 Å². The van der Waals surface area contributed by atoms with Crippen LogP contribution in [0.3, 0.4) is 0 Å². The number of benzene rings is 2. The Morgan fingerprint density at radius 2 is 1.81 bits per heavy atom. The van der Waals surface area contributed by atoms with E-state index in [1.165, 1.54) is 5.56 Å². The number of carbonyl (C=O) groups excluding carboxylic acids is 1. The van der Waals surface area contributed by atoms with Gasteiger partial charge in [-0.05, 0) is 68.7 Å². The highest BCUT2D eigenvalue weighted by molar-refractivity contribution is 6.08. The van der Waals surface area contributed by atoms with Crippen LogP contribution in [0.2, 0.25) is 0 Å². The first-order valence-electron chi connectivity index (χ1n) is 9.24. The Morgan fingerprint density at radius 3 is 2.42 bits per heavy atom. The quantitative estimate of drug-likeness (QED) is 0.665. The molecule has 1 amide bonds. The number of nitrogens with one attached hydrogen (secondary N) is 1. The van der Waals surface area contributed by atoms with Gasteiger partial charge in [-0.1, -0.05) is 19.1 Å². The minimum atomic E-state index is -0.0808. The van der Waals surface area contributed by atoms with E-state index in [0.29, 0.717) is 12.3 Å². The number of hydrogen-bond acceptors (Lipinski definition) is 2. The third-order valence-electron chi connectivity index (χ3n) is 4.75. The van der Waals surface area contributed by atoms with Gasteiger partial charge in [-0.3, -0.25) is 4.79 Å². The largest absolute Gasteiger partial charge is 0.494 e. The number of aromatic nitrogens is 1. The highest BCUT2D eigenvalue weighted by atomic mass is 16.5. The molecule has 1 N–H and O–H groups in total. The van der Waals surface area contributed by atoms with Gasteiger partial charge in [-0.15, -0.1) is 0 Å². The number of rotatable bonds is 6. The van der Waals surface area contributed by atoms with E-state index < -0.39 is 0 Å².